The molecular weight excluding hydrogens is 682 g/mol. The Bertz CT molecular complexity index is 1960. The number of halogens is 1. The van der Waals surface area contributed by atoms with E-state index >= 15 is 0 Å². The number of carbonyl (C=O) groups excluding carboxylic acids is 4. The summed E-state index contributed by atoms with van der Waals surface area (Å²) in [5.74, 6) is -0.171. The number of anilines is 3. The van der Waals surface area contributed by atoms with Crippen LogP contribution in [0.2, 0.25) is 0 Å². The Morgan fingerprint density at radius 3 is 2.00 bits per heavy atom. The van der Waals surface area contributed by atoms with Crippen LogP contribution in [0.4, 0.5) is 17.2 Å². The Morgan fingerprint density at radius 1 is 0.840 bits per heavy atom. The van der Waals surface area contributed by atoms with Gasteiger partial charge in [0.05, 0.1) is 28.0 Å². The van der Waals surface area contributed by atoms with Gasteiger partial charge in [-0.3, -0.25) is 28.8 Å². The highest BCUT2D eigenvalue weighted by molar-refractivity contribution is 7.85. The Kier molecular flexibility index (Phi) is 12.6. The van der Waals surface area contributed by atoms with Gasteiger partial charge < -0.3 is 39.9 Å². The van der Waals surface area contributed by atoms with Crippen LogP contribution in [0.3, 0.4) is 0 Å². The molecule has 4 amide bonds. The predicted molar refractivity (Wildman–Crippen MR) is 197 cm³/mol. The molecule has 0 fully saturated rings. The summed E-state index contributed by atoms with van der Waals surface area (Å²) in [4.78, 5) is 53.9. The van der Waals surface area contributed by atoms with Crippen LogP contribution in [0, 0.1) is 5.41 Å². The van der Waals surface area contributed by atoms with Gasteiger partial charge in [0.1, 0.15) is 22.9 Å². The fraction of sp³-hybridized carbons (Fsp3) is 0.265. The standard InChI is InChI=1S/C34H40ClN9O5S/c1-41(2)29(36)14-16-37-32(46)27-18-23(20-42(27)3)39-34(48)28-19-24(21-43(28)4)38-33(47)26-11-12-30(44(26)5)40-31(45)13-8-22-6-9-25(10-7-22)50(49)17-15-35/h6-13,18-21,36H,14-17H2,1-5H3,(H,37,46)(H,38,47)(H,39,48)(H,40,45)/b13-8+,36-29?. The summed E-state index contributed by atoms with van der Waals surface area (Å²) in [5, 5.41) is 19.0. The number of benzene rings is 1. The number of hydrogen-bond acceptors (Lipinski definition) is 6. The van der Waals surface area contributed by atoms with Crippen molar-refractivity contribution in [2.24, 2.45) is 21.1 Å². The van der Waals surface area contributed by atoms with Gasteiger partial charge in [-0.1, -0.05) is 12.1 Å². The summed E-state index contributed by atoms with van der Waals surface area (Å²) in [6.07, 6.45) is 6.59. The van der Waals surface area contributed by atoms with E-state index in [4.69, 9.17) is 17.0 Å². The molecule has 0 saturated carbocycles. The molecule has 0 saturated heterocycles. The molecule has 5 N–H and O–H groups in total. The summed E-state index contributed by atoms with van der Waals surface area (Å²) < 4.78 is 16.8. The van der Waals surface area contributed by atoms with Gasteiger partial charge >= 0.3 is 0 Å². The van der Waals surface area contributed by atoms with Crippen molar-refractivity contribution in [3.8, 4) is 0 Å². The molecule has 1 aromatic carbocycles. The van der Waals surface area contributed by atoms with E-state index in [0.29, 0.717) is 58.2 Å². The van der Waals surface area contributed by atoms with E-state index in [9.17, 15) is 23.4 Å². The summed E-state index contributed by atoms with van der Waals surface area (Å²) in [7, 11) is 7.36. The lowest BCUT2D eigenvalue weighted by Crippen LogP contribution is -2.30. The average molecular weight is 722 g/mol. The molecule has 0 aliphatic carbocycles. The van der Waals surface area contributed by atoms with Crippen molar-refractivity contribution < 1.29 is 23.4 Å². The first kappa shape index (κ1) is 37.4. The number of nitrogens with zero attached hydrogens (tertiary/aromatic N) is 4. The van der Waals surface area contributed by atoms with Crippen LogP contribution in [-0.4, -0.2) is 84.5 Å². The molecule has 0 aliphatic heterocycles. The van der Waals surface area contributed by atoms with E-state index in [2.05, 4.69) is 21.3 Å². The molecule has 0 radical (unpaired) electrons. The molecule has 3 heterocycles. The third-order valence-corrected chi connectivity index (χ3v) is 9.40. The lowest BCUT2D eigenvalue weighted by atomic mass is 10.2. The number of nitrogens with one attached hydrogen (secondary N) is 5. The largest absolute Gasteiger partial charge is 0.367 e. The third-order valence-electron chi connectivity index (χ3n) is 7.62. The van der Waals surface area contributed by atoms with E-state index in [0.717, 1.165) is 5.56 Å². The van der Waals surface area contributed by atoms with Crippen molar-refractivity contribution in [2.75, 3.05) is 48.2 Å². The van der Waals surface area contributed by atoms with Gasteiger partial charge in [0, 0.05) is 83.2 Å². The maximum Gasteiger partial charge on any atom is 0.272 e. The van der Waals surface area contributed by atoms with Crippen LogP contribution in [-0.2, 0) is 36.7 Å². The molecule has 0 spiro atoms. The summed E-state index contributed by atoms with van der Waals surface area (Å²) in [6.45, 7) is 0.300. The smallest absolute Gasteiger partial charge is 0.272 e. The molecule has 50 heavy (non-hydrogen) atoms. The van der Waals surface area contributed by atoms with Crippen molar-refractivity contribution in [3.63, 3.8) is 0 Å². The molecule has 0 bridgehead atoms. The molecule has 0 aliphatic rings. The SMILES string of the molecule is CN(C)C(=N)CCNC(=O)c1cc(NC(=O)c2cc(NC(=O)c3ccc(NC(=O)/C=C/c4ccc(S(=O)CCCl)cc4)n3C)cn2C)cn1C. The van der Waals surface area contributed by atoms with Crippen molar-refractivity contribution in [3.05, 3.63) is 89.6 Å². The quantitative estimate of drug-likeness (QED) is 0.0572. The van der Waals surface area contributed by atoms with Gasteiger partial charge in [0.2, 0.25) is 5.91 Å². The van der Waals surface area contributed by atoms with Crippen molar-refractivity contribution in [1.29, 1.82) is 5.41 Å². The molecule has 3 aromatic heterocycles. The first-order valence-corrected chi connectivity index (χ1v) is 17.3. The number of rotatable bonds is 14. The van der Waals surface area contributed by atoms with Crippen LogP contribution in [0.1, 0.15) is 43.4 Å². The molecule has 1 unspecified atom stereocenters. The highest BCUT2D eigenvalue weighted by Gasteiger charge is 2.19. The molecule has 4 aromatic rings. The number of amidine groups is 1. The summed E-state index contributed by atoms with van der Waals surface area (Å²) >= 11 is 5.66. The average Bonchev–Trinajstić information content (AvgIpc) is 3.75. The minimum atomic E-state index is -1.17. The number of alkyl halides is 1. The molecule has 14 nitrogen and oxygen atoms in total. The van der Waals surface area contributed by atoms with E-state index in [1.165, 1.54) is 16.7 Å². The van der Waals surface area contributed by atoms with Gasteiger partial charge in [0.25, 0.3) is 17.7 Å². The zero-order chi connectivity index (χ0) is 36.5. The van der Waals surface area contributed by atoms with Gasteiger partial charge in [-0.15, -0.1) is 11.6 Å². The molecular formula is C34H40ClN9O5S. The zero-order valence-electron chi connectivity index (χ0n) is 28.4. The predicted octanol–water partition coefficient (Wildman–Crippen LogP) is 3.86. The maximum absolute atomic E-state index is 13.1. The Morgan fingerprint density at radius 2 is 1.42 bits per heavy atom. The van der Waals surface area contributed by atoms with Crippen molar-refractivity contribution >= 4 is 75.1 Å². The van der Waals surface area contributed by atoms with Crippen molar-refractivity contribution in [1.82, 2.24) is 23.9 Å². The minimum absolute atomic E-state index is 0.266. The maximum atomic E-state index is 13.1. The van der Waals surface area contributed by atoms with E-state index in [1.54, 1.807) is 110 Å². The number of hydrogen-bond donors (Lipinski definition) is 5. The fourth-order valence-electron chi connectivity index (χ4n) is 4.84. The van der Waals surface area contributed by atoms with Crippen LogP contribution in [0.15, 0.2) is 71.9 Å². The van der Waals surface area contributed by atoms with Gasteiger partial charge in [-0.2, -0.15) is 0 Å². The highest BCUT2D eigenvalue weighted by atomic mass is 35.5. The fourth-order valence-corrected chi connectivity index (χ4v) is 6.08. The topological polar surface area (TPSA) is 175 Å². The van der Waals surface area contributed by atoms with Gasteiger partial charge in [0.15, 0.2) is 0 Å². The second-order valence-electron chi connectivity index (χ2n) is 11.5. The van der Waals surface area contributed by atoms with Crippen LogP contribution in [0.5, 0.6) is 0 Å². The second-order valence-corrected chi connectivity index (χ2v) is 13.4. The number of amides is 4. The molecule has 4 rings (SSSR count). The molecule has 264 valence electrons. The Labute approximate surface area is 297 Å². The Hall–Kier alpha value is -5.41. The van der Waals surface area contributed by atoms with Crippen LogP contribution < -0.4 is 21.3 Å². The summed E-state index contributed by atoms with van der Waals surface area (Å²) in [5.41, 5.74) is 2.42. The summed E-state index contributed by atoms with van der Waals surface area (Å²) in [6, 6.07) is 13.3. The highest BCUT2D eigenvalue weighted by Crippen LogP contribution is 2.20. The second kappa shape index (κ2) is 16.8. The van der Waals surface area contributed by atoms with Crippen molar-refractivity contribution in [2.45, 2.75) is 11.3 Å². The normalized spacial score (nSPS) is 11.6. The Balaban J connectivity index is 1.33. The van der Waals surface area contributed by atoms with Crippen LogP contribution >= 0.6 is 11.6 Å². The first-order valence-electron chi connectivity index (χ1n) is 15.4. The first-order chi connectivity index (χ1) is 23.8. The number of carbonyl (C=O) groups is 4. The number of aryl methyl sites for hydroxylation is 2. The minimum Gasteiger partial charge on any atom is -0.367 e. The van der Waals surface area contributed by atoms with E-state index in [-0.39, 0.29) is 17.3 Å². The van der Waals surface area contributed by atoms with Gasteiger partial charge in [-0.05, 0) is 48.0 Å². The zero-order valence-corrected chi connectivity index (χ0v) is 29.9. The lowest BCUT2D eigenvalue weighted by molar-refractivity contribution is -0.111. The molecule has 16 heteroatoms. The van der Waals surface area contributed by atoms with E-state index in [1.807, 2.05) is 0 Å². The number of aromatic nitrogens is 3. The lowest BCUT2D eigenvalue weighted by Gasteiger charge is -2.13. The van der Waals surface area contributed by atoms with Gasteiger partial charge in [-0.25, -0.2) is 0 Å². The molecule has 1 atom stereocenters. The third kappa shape index (κ3) is 9.60. The van der Waals surface area contributed by atoms with E-state index < -0.39 is 28.5 Å². The monoisotopic (exact) mass is 721 g/mol. The van der Waals surface area contributed by atoms with Crippen LogP contribution in [0.25, 0.3) is 6.08 Å².